The Bertz CT molecular complexity index is 491. The number of piperidine rings is 1. The molecule has 1 aliphatic heterocycles. The number of imide groups is 1. The highest BCUT2D eigenvalue weighted by Gasteiger charge is 2.31. The maximum atomic E-state index is 11.8. The van der Waals surface area contributed by atoms with Gasteiger partial charge in [-0.1, -0.05) is 6.92 Å². The molecule has 0 saturated carbocycles. The van der Waals surface area contributed by atoms with E-state index in [1.54, 1.807) is 0 Å². The van der Waals surface area contributed by atoms with Gasteiger partial charge < -0.3 is 5.11 Å². The molecule has 0 spiro atoms. The summed E-state index contributed by atoms with van der Waals surface area (Å²) in [4.78, 5) is 39.0. The molecule has 0 bridgehead atoms. The Labute approximate surface area is 103 Å². The van der Waals surface area contributed by atoms with Gasteiger partial charge in [-0.25, -0.2) is 14.7 Å². The van der Waals surface area contributed by atoms with Crippen LogP contribution in [0.15, 0.2) is 18.3 Å². The van der Waals surface area contributed by atoms with E-state index in [4.69, 9.17) is 5.11 Å². The van der Waals surface area contributed by atoms with Gasteiger partial charge in [-0.2, -0.15) is 0 Å². The van der Waals surface area contributed by atoms with E-state index in [9.17, 15) is 14.4 Å². The minimum absolute atomic E-state index is 0.0486. The number of anilines is 1. The van der Waals surface area contributed by atoms with Crippen LogP contribution in [0.5, 0.6) is 0 Å². The van der Waals surface area contributed by atoms with E-state index < -0.39 is 5.97 Å². The highest BCUT2D eigenvalue weighted by molar-refractivity contribution is 6.16. The second-order valence-electron chi connectivity index (χ2n) is 4.34. The van der Waals surface area contributed by atoms with Gasteiger partial charge in [-0.15, -0.1) is 0 Å². The molecule has 1 N–H and O–H groups in total. The molecule has 94 valence electrons. The van der Waals surface area contributed by atoms with E-state index in [2.05, 4.69) is 4.98 Å². The number of amides is 2. The Balaban J connectivity index is 2.28. The zero-order chi connectivity index (χ0) is 13.3. The molecule has 1 aliphatic rings. The number of rotatable bonds is 2. The number of aromatic nitrogens is 1. The maximum Gasteiger partial charge on any atom is 0.354 e. The van der Waals surface area contributed by atoms with E-state index in [0.717, 1.165) is 4.90 Å². The van der Waals surface area contributed by atoms with Crippen LogP contribution in [-0.2, 0) is 9.59 Å². The van der Waals surface area contributed by atoms with Gasteiger partial charge in [0.05, 0.1) is 11.9 Å². The van der Waals surface area contributed by atoms with Crippen LogP contribution >= 0.6 is 0 Å². The third kappa shape index (κ3) is 2.22. The number of nitrogens with zero attached hydrogens (tertiary/aromatic N) is 2. The average molecular weight is 248 g/mol. The van der Waals surface area contributed by atoms with Gasteiger partial charge in [-0.05, 0) is 18.1 Å². The average Bonchev–Trinajstić information content (AvgIpc) is 2.28. The Morgan fingerprint density at radius 2 is 1.94 bits per heavy atom. The normalized spacial score (nSPS) is 17.1. The van der Waals surface area contributed by atoms with E-state index in [-0.39, 0.29) is 23.4 Å². The lowest BCUT2D eigenvalue weighted by molar-refractivity contribution is -0.130. The second-order valence-corrected chi connectivity index (χ2v) is 4.34. The zero-order valence-corrected chi connectivity index (χ0v) is 9.79. The SMILES string of the molecule is CC1CC(=O)N(c2ccc(C(=O)O)nc2)C(=O)C1. The molecule has 2 rings (SSSR count). The van der Waals surface area contributed by atoms with Crippen LogP contribution in [0.1, 0.15) is 30.3 Å². The predicted molar refractivity (Wildman–Crippen MR) is 62.1 cm³/mol. The number of hydrogen-bond donors (Lipinski definition) is 1. The standard InChI is InChI=1S/C12H12N2O4/c1-7-4-10(15)14(11(16)5-7)8-2-3-9(12(17)18)13-6-8/h2-3,6-7H,4-5H2,1H3,(H,17,18). The molecule has 6 heteroatoms. The summed E-state index contributed by atoms with van der Waals surface area (Å²) in [5.74, 6) is -1.65. The largest absolute Gasteiger partial charge is 0.477 e. The van der Waals surface area contributed by atoms with Gasteiger partial charge in [0.2, 0.25) is 11.8 Å². The van der Waals surface area contributed by atoms with E-state index in [1.807, 2.05) is 6.92 Å². The molecule has 2 amide bonds. The highest BCUT2D eigenvalue weighted by Crippen LogP contribution is 2.24. The highest BCUT2D eigenvalue weighted by atomic mass is 16.4. The first-order valence-corrected chi connectivity index (χ1v) is 5.54. The lowest BCUT2D eigenvalue weighted by Crippen LogP contribution is -2.42. The molecular formula is C12H12N2O4. The van der Waals surface area contributed by atoms with Crippen molar-refractivity contribution >= 4 is 23.5 Å². The fourth-order valence-electron chi connectivity index (χ4n) is 1.92. The number of hydrogen-bond acceptors (Lipinski definition) is 4. The monoisotopic (exact) mass is 248 g/mol. The van der Waals surface area contributed by atoms with Gasteiger partial charge in [-0.3, -0.25) is 9.59 Å². The van der Waals surface area contributed by atoms with E-state index in [0.29, 0.717) is 18.5 Å². The molecule has 0 aromatic carbocycles. The minimum Gasteiger partial charge on any atom is -0.477 e. The molecule has 6 nitrogen and oxygen atoms in total. The van der Waals surface area contributed by atoms with Crippen LogP contribution in [0.25, 0.3) is 0 Å². The summed E-state index contributed by atoms with van der Waals surface area (Å²) in [5, 5.41) is 8.71. The molecule has 0 unspecified atom stereocenters. The Kier molecular flexibility index (Phi) is 3.10. The molecule has 1 saturated heterocycles. The number of carboxylic acids is 1. The molecular weight excluding hydrogens is 236 g/mol. The summed E-state index contributed by atoms with van der Waals surface area (Å²) in [6.45, 7) is 1.85. The van der Waals surface area contributed by atoms with Crippen molar-refractivity contribution in [1.29, 1.82) is 0 Å². The van der Waals surface area contributed by atoms with E-state index >= 15 is 0 Å². The van der Waals surface area contributed by atoms with E-state index in [1.165, 1.54) is 18.3 Å². The maximum absolute atomic E-state index is 11.8. The fourth-order valence-corrected chi connectivity index (χ4v) is 1.92. The minimum atomic E-state index is -1.15. The third-order valence-corrected chi connectivity index (χ3v) is 2.77. The number of carbonyl (C=O) groups excluding carboxylic acids is 2. The van der Waals surface area contributed by atoms with Crippen molar-refractivity contribution in [3.8, 4) is 0 Å². The number of pyridine rings is 1. The van der Waals surface area contributed by atoms with Crippen LogP contribution in [0, 0.1) is 5.92 Å². The van der Waals surface area contributed by atoms with Crippen molar-refractivity contribution in [2.75, 3.05) is 4.90 Å². The van der Waals surface area contributed by atoms with Gasteiger partial charge in [0.25, 0.3) is 0 Å². The van der Waals surface area contributed by atoms with Crippen LogP contribution in [-0.4, -0.2) is 27.9 Å². The Morgan fingerprint density at radius 1 is 1.33 bits per heavy atom. The summed E-state index contributed by atoms with van der Waals surface area (Å²) in [7, 11) is 0. The van der Waals surface area contributed by atoms with Crippen LogP contribution in [0.4, 0.5) is 5.69 Å². The summed E-state index contributed by atoms with van der Waals surface area (Å²) >= 11 is 0. The molecule has 1 fully saturated rings. The first kappa shape index (κ1) is 12.2. The van der Waals surface area contributed by atoms with Crippen molar-refractivity contribution in [3.05, 3.63) is 24.0 Å². The summed E-state index contributed by atoms with van der Waals surface area (Å²) in [5.41, 5.74) is 0.200. The fraction of sp³-hybridized carbons (Fsp3) is 0.333. The van der Waals surface area contributed by atoms with Crippen molar-refractivity contribution in [2.45, 2.75) is 19.8 Å². The number of aromatic carboxylic acids is 1. The van der Waals surface area contributed by atoms with Crippen LogP contribution in [0.2, 0.25) is 0 Å². The van der Waals surface area contributed by atoms with Crippen molar-refractivity contribution in [3.63, 3.8) is 0 Å². The molecule has 18 heavy (non-hydrogen) atoms. The number of carbonyl (C=O) groups is 3. The van der Waals surface area contributed by atoms with Gasteiger partial charge in [0.1, 0.15) is 5.69 Å². The zero-order valence-electron chi connectivity index (χ0n) is 9.79. The van der Waals surface area contributed by atoms with Crippen molar-refractivity contribution in [1.82, 2.24) is 4.98 Å². The molecule has 0 aliphatic carbocycles. The summed E-state index contributed by atoms with van der Waals surface area (Å²) in [6.07, 6.45) is 1.86. The predicted octanol–water partition coefficient (Wildman–Crippen LogP) is 1.07. The molecule has 2 heterocycles. The van der Waals surface area contributed by atoms with Crippen molar-refractivity contribution < 1.29 is 19.5 Å². The van der Waals surface area contributed by atoms with Crippen molar-refractivity contribution in [2.24, 2.45) is 5.92 Å². The molecule has 1 aromatic heterocycles. The Hall–Kier alpha value is -2.24. The molecule has 0 atom stereocenters. The Morgan fingerprint density at radius 3 is 2.39 bits per heavy atom. The summed E-state index contributed by atoms with van der Waals surface area (Å²) < 4.78 is 0. The lowest BCUT2D eigenvalue weighted by Gasteiger charge is -2.27. The van der Waals surface area contributed by atoms with Crippen LogP contribution < -0.4 is 4.90 Å². The van der Waals surface area contributed by atoms with Crippen LogP contribution in [0.3, 0.4) is 0 Å². The molecule has 0 radical (unpaired) electrons. The first-order chi connectivity index (χ1) is 8.49. The second kappa shape index (κ2) is 4.56. The van der Waals surface area contributed by atoms with Gasteiger partial charge in [0.15, 0.2) is 0 Å². The smallest absolute Gasteiger partial charge is 0.354 e. The quantitative estimate of drug-likeness (QED) is 0.791. The first-order valence-electron chi connectivity index (χ1n) is 5.54. The van der Waals surface area contributed by atoms with Gasteiger partial charge in [0, 0.05) is 12.8 Å². The molecule has 1 aromatic rings. The lowest BCUT2D eigenvalue weighted by atomic mass is 9.97. The summed E-state index contributed by atoms with van der Waals surface area (Å²) in [6, 6.07) is 2.69. The van der Waals surface area contributed by atoms with Gasteiger partial charge >= 0.3 is 5.97 Å². The number of carboxylic acid groups (broad SMARTS) is 1. The topological polar surface area (TPSA) is 87.6 Å². The third-order valence-electron chi connectivity index (χ3n) is 2.77.